The van der Waals surface area contributed by atoms with Crippen LogP contribution in [0.15, 0.2) is 58.6 Å². The maximum Gasteiger partial charge on any atom is 0.184 e. The Hall–Kier alpha value is -2.21. The van der Waals surface area contributed by atoms with Gasteiger partial charge in [0.1, 0.15) is 17.3 Å². The monoisotopic (exact) mass is 307 g/mol. The third-order valence-corrected chi connectivity index (χ3v) is 4.65. The molecule has 0 bridgehead atoms. The van der Waals surface area contributed by atoms with Crippen LogP contribution in [-0.4, -0.2) is 25.1 Å². The Bertz CT molecular complexity index is 751. The molecule has 1 N–H and O–H groups in total. The summed E-state index contributed by atoms with van der Waals surface area (Å²) in [6.07, 6.45) is 0. The normalized spacial score (nSPS) is 12.4. The van der Waals surface area contributed by atoms with Crippen molar-refractivity contribution >= 4 is 15.5 Å². The smallest absolute Gasteiger partial charge is 0.184 e. The first-order valence-corrected chi connectivity index (χ1v) is 7.84. The van der Waals surface area contributed by atoms with Gasteiger partial charge in [-0.1, -0.05) is 35.0 Å². The molecule has 2 aromatic rings. The largest absolute Gasteiger partial charge is 0.411 e. The highest BCUT2D eigenvalue weighted by Crippen LogP contribution is 2.15. The van der Waals surface area contributed by atoms with Gasteiger partial charge >= 0.3 is 0 Å². The topological polar surface area (TPSA) is 66.7 Å². The first kappa shape index (κ1) is 15.2. The van der Waals surface area contributed by atoms with Crippen molar-refractivity contribution in [1.29, 1.82) is 0 Å². The summed E-state index contributed by atoms with van der Waals surface area (Å²) < 4.78 is 37.4. The number of hydrogen-bond donors (Lipinski definition) is 1. The van der Waals surface area contributed by atoms with Crippen LogP contribution in [0.3, 0.4) is 0 Å². The van der Waals surface area contributed by atoms with Crippen molar-refractivity contribution in [2.75, 3.05) is 5.75 Å². The summed E-state index contributed by atoms with van der Waals surface area (Å²) >= 11 is 0. The lowest BCUT2D eigenvalue weighted by Crippen LogP contribution is -2.17. The van der Waals surface area contributed by atoms with Crippen molar-refractivity contribution in [1.82, 2.24) is 0 Å². The molecule has 0 spiro atoms. The Morgan fingerprint density at radius 1 is 1.10 bits per heavy atom. The van der Waals surface area contributed by atoms with E-state index in [0.717, 1.165) is 5.56 Å². The van der Waals surface area contributed by atoms with Gasteiger partial charge in [0, 0.05) is 5.56 Å². The van der Waals surface area contributed by atoms with E-state index in [4.69, 9.17) is 5.21 Å². The number of aryl methyl sites for hydroxylation is 1. The lowest BCUT2D eigenvalue weighted by molar-refractivity contribution is 0.319. The Balaban J connectivity index is 2.29. The molecule has 0 aliphatic carbocycles. The van der Waals surface area contributed by atoms with E-state index < -0.39 is 21.4 Å². The number of nitrogens with zero attached hydrogens (tertiary/aromatic N) is 1. The van der Waals surface area contributed by atoms with Crippen molar-refractivity contribution in [3.63, 3.8) is 0 Å². The third-order valence-electron chi connectivity index (χ3n) is 3.00. The maximum absolute atomic E-state index is 12.9. The number of oxime groups is 1. The quantitative estimate of drug-likeness (QED) is 0.536. The van der Waals surface area contributed by atoms with Gasteiger partial charge in [-0.05, 0) is 31.2 Å². The van der Waals surface area contributed by atoms with E-state index >= 15 is 0 Å². The van der Waals surface area contributed by atoms with Crippen LogP contribution in [-0.2, 0) is 9.84 Å². The van der Waals surface area contributed by atoms with Gasteiger partial charge in [-0.3, -0.25) is 0 Å². The minimum atomic E-state index is -3.63. The average molecular weight is 307 g/mol. The molecule has 0 heterocycles. The molecule has 0 unspecified atom stereocenters. The van der Waals surface area contributed by atoms with Gasteiger partial charge in [0.25, 0.3) is 0 Å². The highest BCUT2D eigenvalue weighted by molar-refractivity contribution is 7.92. The summed E-state index contributed by atoms with van der Waals surface area (Å²) in [6, 6.07) is 11.5. The Kier molecular flexibility index (Phi) is 4.37. The second-order valence-corrected chi connectivity index (χ2v) is 6.62. The van der Waals surface area contributed by atoms with Gasteiger partial charge in [-0.25, -0.2) is 12.8 Å². The molecule has 0 aliphatic rings. The predicted octanol–water partition coefficient (Wildman–Crippen LogP) is 2.79. The number of benzene rings is 2. The molecular weight excluding hydrogens is 293 g/mol. The molecule has 0 fully saturated rings. The third kappa shape index (κ3) is 3.66. The molecule has 21 heavy (non-hydrogen) atoms. The van der Waals surface area contributed by atoms with E-state index in [1.807, 2.05) is 6.92 Å². The van der Waals surface area contributed by atoms with Crippen LogP contribution in [0.2, 0.25) is 0 Å². The number of sulfone groups is 1. The number of hydrogen-bond acceptors (Lipinski definition) is 4. The van der Waals surface area contributed by atoms with Crippen molar-refractivity contribution in [2.45, 2.75) is 11.8 Å². The minimum absolute atomic E-state index is 0.0319. The molecule has 0 atom stereocenters. The molecule has 4 nitrogen and oxygen atoms in total. The lowest BCUT2D eigenvalue weighted by atomic mass is 10.1. The van der Waals surface area contributed by atoms with E-state index in [9.17, 15) is 12.8 Å². The second-order valence-electron chi connectivity index (χ2n) is 4.63. The highest BCUT2D eigenvalue weighted by Gasteiger charge is 2.19. The molecule has 2 rings (SSSR count). The van der Waals surface area contributed by atoms with E-state index in [-0.39, 0.29) is 10.6 Å². The van der Waals surface area contributed by atoms with Gasteiger partial charge in [0.15, 0.2) is 9.84 Å². The molecule has 0 radical (unpaired) electrons. The van der Waals surface area contributed by atoms with Crippen LogP contribution in [0.4, 0.5) is 4.39 Å². The zero-order valence-corrected chi connectivity index (χ0v) is 12.1. The fraction of sp³-hybridized carbons (Fsp3) is 0.133. The average Bonchev–Trinajstić information content (AvgIpc) is 2.46. The molecule has 0 aliphatic heterocycles. The second kappa shape index (κ2) is 6.05. The van der Waals surface area contributed by atoms with Crippen LogP contribution in [0.1, 0.15) is 11.1 Å². The summed E-state index contributed by atoms with van der Waals surface area (Å²) in [5.74, 6) is -0.907. The summed E-state index contributed by atoms with van der Waals surface area (Å²) in [6.45, 7) is 1.86. The standard InChI is InChI=1S/C15H14FNO3S/c1-11-2-8-14(9-3-11)21(19,20)10-15(17-18)12-4-6-13(16)7-5-12/h2-9,18H,10H2,1H3/b17-15+. The molecule has 2 aromatic carbocycles. The molecule has 0 saturated heterocycles. The molecule has 0 aromatic heterocycles. The predicted molar refractivity (Wildman–Crippen MR) is 78.0 cm³/mol. The van der Waals surface area contributed by atoms with Crippen molar-refractivity contribution in [3.8, 4) is 0 Å². The fourth-order valence-corrected chi connectivity index (χ4v) is 3.12. The number of rotatable bonds is 4. The summed E-state index contributed by atoms with van der Waals surface area (Å²) in [4.78, 5) is 0.149. The summed E-state index contributed by atoms with van der Waals surface area (Å²) in [5, 5.41) is 12.1. The van der Waals surface area contributed by atoms with Gasteiger partial charge < -0.3 is 5.21 Å². The SMILES string of the molecule is Cc1ccc(S(=O)(=O)C/C(=N\O)c2ccc(F)cc2)cc1. The van der Waals surface area contributed by atoms with Crippen LogP contribution in [0.5, 0.6) is 0 Å². The Morgan fingerprint density at radius 2 is 1.67 bits per heavy atom. The Morgan fingerprint density at radius 3 is 2.19 bits per heavy atom. The first-order valence-electron chi connectivity index (χ1n) is 6.19. The zero-order chi connectivity index (χ0) is 15.5. The van der Waals surface area contributed by atoms with E-state index in [1.165, 1.54) is 36.4 Å². The zero-order valence-electron chi connectivity index (χ0n) is 11.3. The van der Waals surface area contributed by atoms with Gasteiger partial charge in [0.05, 0.1) is 4.90 Å². The van der Waals surface area contributed by atoms with Crippen LogP contribution >= 0.6 is 0 Å². The maximum atomic E-state index is 12.9. The molecule has 0 saturated carbocycles. The van der Waals surface area contributed by atoms with Crippen molar-refractivity contribution in [3.05, 3.63) is 65.5 Å². The van der Waals surface area contributed by atoms with Crippen LogP contribution in [0, 0.1) is 12.7 Å². The number of halogens is 1. The van der Waals surface area contributed by atoms with E-state index in [1.54, 1.807) is 12.1 Å². The highest BCUT2D eigenvalue weighted by atomic mass is 32.2. The van der Waals surface area contributed by atoms with Gasteiger partial charge in [-0.2, -0.15) is 0 Å². The van der Waals surface area contributed by atoms with Gasteiger partial charge in [0.2, 0.25) is 0 Å². The minimum Gasteiger partial charge on any atom is -0.411 e. The van der Waals surface area contributed by atoms with Crippen molar-refractivity contribution in [2.24, 2.45) is 5.16 Å². The van der Waals surface area contributed by atoms with Crippen LogP contribution in [0.25, 0.3) is 0 Å². The lowest BCUT2D eigenvalue weighted by Gasteiger charge is -2.07. The summed E-state index contributed by atoms with van der Waals surface area (Å²) in [7, 11) is -3.63. The Labute approximate surface area is 122 Å². The van der Waals surface area contributed by atoms with Gasteiger partial charge in [-0.15, -0.1) is 0 Å². The molecule has 110 valence electrons. The van der Waals surface area contributed by atoms with E-state index in [0.29, 0.717) is 5.56 Å². The van der Waals surface area contributed by atoms with Crippen molar-refractivity contribution < 1.29 is 18.0 Å². The van der Waals surface area contributed by atoms with Crippen LogP contribution < -0.4 is 0 Å². The first-order chi connectivity index (χ1) is 9.92. The molecule has 6 heteroatoms. The summed E-state index contributed by atoms with van der Waals surface area (Å²) in [5.41, 5.74) is 1.27. The molecule has 0 amide bonds. The van der Waals surface area contributed by atoms with E-state index in [2.05, 4.69) is 5.16 Å². The fourth-order valence-electron chi connectivity index (χ4n) is 1.82. The molecular formula is C15H14FNO3S.